The normalized spacial score (nSPS) is 17.8. The van der Waals surface area contributed by atoms with Gasteiger partial charge in [-0.2, -0.15) is 5.26 Å². The van der Waals surface area contributed by atoms with Crippen LogP contribution in [-0.4, -0.2) is 79.8 Å². The lowest BCUT2D eigenvalue weighted by atomic mass is 9.68. The van der Waals surface area contributed by atoms with Gasteiger partial charge in [-0.05, 0) is 65.4 Å². The molecule has 272 valence electrons. The van der Waals surface area contributed by atoms with Gasteiger partial charge in [-0.1, -0.05) is 75.9 Å². The molecule has 0 aliphatic carbocycles. The molecule has 1 unspecified atom stereocenters. The van der Waals surface area contributed by atoms with Crippen molar-refractivity contribution in [3.05, 3.63) is 89.0 Å². The maximum atomic E-state index is 14.1. The molecule has 1 aliphatic heterocycles. The van der Waals surface area contributed by atoms with Gasteiger partial charge in [-0.15, -0.1) is 0 Å². The summed E-state index contributed by atoms with van der Waals surface area (Å²) in [4.78, 5) is 29.9. The molecule has 4 rings (SSSR count). The minimum atomic E-state index is -3.70. The third-order valence-electron chi connectivity index (χ3n) is 9.54. The van der Waals surface area contributed by atoms with Crippen LogP contribution in [0.1, 0.15) is 80.5 Å². The Morgan fingerprint density at radius 3 is 2.08 bits per heavy atom. The molecule has 3 aromatic carbocycles. The summed E-state index contributed by atoms with van der Waals surface area (Å²) in [6, 6.07) is 20.3. The lowest BCUT2D eigenvalue weighted by molar-refractivity contribution is -0.235. The molecule has 0 saturated heterocycles. The maximum absolute atomic E-state index is 14.1. The Labute approximate surface area is 295 Å². The Balaban J connectivity index is 1.59. The number of anilines is 1. The Morgan fingerprint density at radius 1 is 0.900 bits per heavy atom. The molecule has 11 nitrogen and oxygen atoms in total. The lowest BCUT2D eigenvalue weighted by Gasteiger charge is -2.40. The summed E-state index contributed by atoms with van der Waals surface area (Å²) in [7, 11) is 0.130. The van der Waals surface area contributed by atoms with E-state index in [2.05, 4.69) is 18.7 Å². The molecule has 1 aliphatic rings. The molecule has 0 amide bonds. The Bertz CT molecular complexity index is 1680. The Kier molecular flexibility index (Phi) is 13.4. The minimum Gasteiger partial charge on any atom is -0.489 e. The van der Waals surface area contributed by atoms with Crippen LogP contribution in [0.5, 0.6) is 5.75 Å². The van der Waals surface area contributed by atoms with E-state index in [1.54, 1.807) is 6.07 Å². The summed E-state index contributed by atoms with van der Waals surface area (Å²) in [6.07, 6.45) is 3.80. The van der Waals surface area contributed by atoms with Crippen molar-refractivity contribution in [2.75, 3.05) is 37.8 Å². The predicted molar refractivity (Wildman–Crippen MR) is 191 cm³/mol. The number of aliphatic carboxylic acids is 1. The average Bonchev–Trinajstić information content (AvgIpc) is 3.15. The summed E-state index contributed by atoms with van der Waals surface area (Å²) in [5.74, 6) is -2.10. The number of carbonyl (C=O) groups is 2. The highest BCUT2D eigenvalue weighted by molar-refractivity contribution is 7.91. The van der Waals surface area contributed by atoms with E-state index in [4.69, 9.17) is 15.1 Å². The van der Waals surface area contributed by atoms with Crippen molar-refractivity contribution < 1.29 is 43.1 Å². The van der Waals surface area contributed by atoms with Crippen LogP contribution in [-0.2, 0) is 37.5 Å². The van der Waals surface area contributed by atoms with Crippen molar-refractivity contribution >= 4 is 27.5 Å². The van der Waals surface area contributed by atoms with Crippen molar-refractivity contribution in [1.82, 2.24) is 4.90 Å². The van der Waals surface area contributed by atoms with Gasteiger partial charge in [-0.25, -0.2) is 13.2 Å². The van der Waals surface area contributed by atoms with Gasteiger partial charge in [0, 0.05) is 37.7 Å². The van der Waals surface area contributed by atoms with Gasteiger partial charge in [-0.3, -0.25) is 14.6 Å². The fraction of sp³-hybridized carbons (Fsp3) is 0.474. The first kappa shape index (κ1) is 38.8. The number of rotatable bonds is 17. The highest BCUT2D eigenvalue weighted by Gasteiger charge is 2.49. The lowest BCUT2D eigenvalue weighted by Crippen LogP contribution is -2.43. The van der Waals surface area contributed by atoms with Crippen LogP contribution in [0.4, 0.5) is 5.69 Å². The van der Waals surface area contributed by atoms with Gasteiger partial charge in [0.2, 0.25) is 0 Å². The van der Waals surface area contributed by atoms with E-state index in [0.717, 1.165) is 48.1 Å². The number of ether oxygens (including phenoxy) is 1. The molecule has 0 aromatic heterocycles. The average molecular weight is 711 g/mol. The number of hydrogen-bond acceptors (Lipinski definition) is 10. The molecule has 0 fully saturated rings. The fourth-order valence-electron chi connectivity index (χ4n) is 6.90. The highest BCUT2D eigenvalue weighted by atomic mass is 32.2. The number of nitrogens with zero attached hydrogens (tertiary/aromatic N) is 2. The summed E-state index contributed by atoms with van der Waals surface area (Å²) in [5, 5.41) is 30.1. The number of carbonyl (C=O) groups excluding carboxylic acids is 1. The number of fused-ring (bicyclic) bond motifs is 1. The van der Waals surface area contributed by atoms with Crippen LogP contribution < -0.4 is 9.64 Å². The van der Waals surface area contributed by atoms with Gasteiger partial charge >= 0.3 is 11.9 Å². The first-order valence-corrected chi connectivity index (χ1v) is 18.8. The molecular weight excluding hydrogens is 660 g/mol. The number of aliphatic hydroxyl groups is 1. The van der Waals surface area contributed by atoms with Gasteiger partial charge in [0.05, 0.1) is 23.3 Å². The van der Waals surface area contributed by atoms with Crippen molar-refractivity contribution in [1.29, 1.82) is 0 Å². The highest BCUT2D eigenvalue weighted by Crippen LogP contribution is 2.50. The van der Waals surface area contributed by atoms with E-state index in [1.807, 2.05) is 79.7 Å². The van der Waals surface area contributed by atoms with Crippen LogP contribution in [0.15, 0.2) is 71.6 Å². The van der Waals surface area contributed by atoms with E-state index in [9.17, 15) is 23.1 Å². The number of unbranched alkanes of at least 4 members (excludes halogenated alkanes) is 2. The SMILES string of the molecule is CCCCC1(CCCC)CS(=O)(=O)c2ccc(N(C)C)cc2[C@@H](c2ccc(OCc3ccc(CN(CC(=O)O)CC(=O)OO)cc3)cc2)C1O. The number of hydrogen-bond donors (Lipinski definition) is 3. The van der Waals surface area contributed by atoms with E-state index >= 15 is 0 Å². The van der Waals surface area contributed by atoms with E-state index < -0.39 is 45.8 Å². The quantitative estimate of drug-likeness (QED) is 0.114. The van der Waals surface area contributed by atoms with E-state index in [-0.39, 0.29) is 30.3 Å². The van der Waals surface area contributed by atoms with Crippen LogP contribution in [0, 0.1) is 5.41 Å². The molecule has 12 heteroatoms. The first-order chi connectivity index (χ1) is 23.8. The van der Waals surface area contributed by atoms with Gasteiger partial charge in [0.1, 0.15) is 18.9 Å². The number of aliphatic hydroxyl groups excluding tert-OH is 1. The fourth-order valence-corrected chi connectivity index (χ4v) is 9.09. The topological polar surface area (TPSA) is 154 Å². The summed E-state index contributed by atoms with van der Waals surface area (Å²) in [5.41, 5.74) is 3.13. The zero-order valence-electron chi connectivity index (χ0n) is 29.4. The molecule has 0 saturated carbocycles. The first-order valence-electron chi connectivity index (χ1n) is 17.1. The van der Waals surface area contributed by atoms with E-state index in [1.165, 1.54) is 4.90 Å². The molecule has 0 bridgehead atoms. The predicted octanol–water partition coefficient (Wildman–Crippen LogP) is 5.88. The van der Waals surface area contributed by atoms with Gasteiger partial charge < -0.3 is 19.8 Å². The molecular formula is C38H50N2O9S. The number of carboxylic acids is 1. The zero-order chi connectivity index (χ0) is 36.5. The number of sulfone groups is 1. The van der Waals surface area contributed by atoms with E-state index in [0.29, 0.717) is 24.2 Å². The molecule has 0 radical (unpaired) electrons. The van der Waals surface area contributed by atoms with Gasteiger partial charge in [0.15, 0.2) is 9.84 Å². The Hall–Kier alpha value is -3.97. The third kappa shape index (κ3) is 9.63. The summed E-state index contributed by atoms with van der Waals surface area (Å²) >= 11 is 0. The Morgan fingerprint density at radius 2 is 1.52 bits per heavy atom. The van der Waals surface area contributed by atoms with Crippen LogP contribution in [0.3, 0.4) is 0 Å². The van der Waals surface area contributed by atoms with Crippen LogP contribution in [0.25, 0.3) is 0 Å². The monoisotopic (exact) mass is 710 g/mol. The molecule has 50 heavy (non-hydrogen) atoms. The molecule has 1 heterocycles. The summed E-state index contributed by atoms with van der Waals surface area (Å²) < 4.78 is 34.3. The number of carboxylic acid groups (broad SMARTS) is 1. The van der Waals surface area contributed by atoms with Crippen LogP contribution in [0.2, 0.25) is 0 Å². The maximum Gasteiger partial charge on any atom is 0.355 e. The number of benzene rings is 3. The smallest absolute Gasteiger partial charge is 0.355 e. The van der Waals surface area contributed by atoms with Crippen molar-refractivity contribution in [3.63, 3.8) is 0 Å². The zero-order valence-corrected chi connectivity index (χ0v) is 30.2. The summed E-state index contributed by atoms with van der Waals surface area (Å²) in [6.45, 7) is 3.82. The van der Waals surface area contributed by atoms with Crippen molar-refractivity contribution in [2.45, 2.75) is 82.4 Å². The van der Waals surface area contributed by atoms with Crippen LogP contribution >= 0.6 is 0 Å². The molecule has 0 spiro atoms. The molecule has 3 aromatic rings. The standard InChI is InChI=1S/C38H50N2O9S/c1-5-7-19-38(20-8-6-2)26-50(46,47)33-18-15-30(39(3)4)21-32(33)36(37(38)44)29-13-16-31(17-14-29)48-25-28-11-9-27(10-12-28)22-40(23-34(41)42)24-35(43)49-45/h9-18,21,36-37,44-45H,5-8,19-20,22-26H2,1-4H3,(H,41,42)/t36-,37?/m1/s1. The third-order valence-corrected chi connectivity index (χ3v) is 11.5. The second kappa shape index (κ2) is 17.3. The molecule has 2 atom stereocenters. The molecule has 3 N–H and O–H groups in total. The second-order valence-electron chi connectivity index (χ2n) is 13.5. The largest absolute Gasteiger partial charge is 0.489 e. The van der Waals surface area contributed by atoms with Crippen molar-refractivity contribution in [3.8, 4) is 5.75 Å². The van der Waals surface area contributed by atoms with Crippen molar-refractivity contribution in [2.24, 2.45) is 5.41 Å². The second-order valence-corrected chi connectivity index (χ2v) is 15.5. The minimum absolute atomic E-state index is 0.0846. The van der Waals surface area contributed by atoms with Gasteiger partial charge in [0.25, 0.3) is 0 Å².